The molecule has 0 aromatic heterocycles. The van der Waals surface area contributed by atoms with Gasteiger partial charge in [-0.15, -0.1) is 0 Å². The summed E-state index contributed by atoms with van der Waals surface area (Å²) in [6, 6.07) is 0. The van der Waals surface area contributed by atoms with Gasteiger partial charge < -0.3 is 9.84 Å². The Labute approximate surface area is 90.8 Å². The van der Waals surface area contributed by atoms with Crippen LogP contribution in [0, 0.1) is 0 Å². The number of hydrogen-bond acceptors (Lipinski definition) is 3. The van der Waals surface area contributed by atoms with Gasteiger partial charge >= 0.3 is 5.97 Å². The maximum atomic E-state index is 13.2. The molecule has 1 unspecified atom stereocenters. The standard InChI is InChI=1S/C8H13F2N3O3/c1-2-3-4-16-6(7(14)15)8(9,10)5-12-13-11/h6H,2-5H2,1H3,(H,14,15). The fourth-order valence-corrected chi connectivity index (χ4v) is 0.928. The molecule has 0 aliphatic heterocycles. The Balaban J connectivity index is 4.49. The summed E-state index contributed by atoms with van der Waals surface area (Å²) in [5.41, 5.74) is 7.90. The molecule has 92 valence electrons. The highest BCUT2D eigenvalue weighted by atomic mass is 19.3. The number of alkyl halides is 2. The molecule has 0 heterocycles. The van der Waals surface area contributed by atoms with Gasteiger partial charge in [0.05, 0.1) is 6.54 Å². The van der Waals surface area contributed by atoms with Crippen molar-refractivity contribution in [3.8, 4) is 0 Å². The van der Waals surface area contributed by atoms with Crippen LogP contribution in [0.4, 0.5) is 8.78 Å². The summed E-state index contributed by atoms with van der Waals surface area (Å²) >= 11 is 0. The molecular weight excluding hydrogens is 224 g/mol. The summed E-state index contributed by atoms with van der Waals surface area (Å²) in [6.07, 6.45) is -1.08. The summed E-state index contributed by atoms with van der Waals surface area (Å²) in [4.78, 5) is 12.7. The lowest BCUT2D eigenvalue weighted by atomic mass is 10.2. The number of hydrogen-bond donors (Lipinski definition) is 1. The van der Waals surface area contributed by atoms with Gasteiger partial charge in [-0.05, 0) is 12.0 Å². The van der Waals surface area contributed by atoms with Crippen LogP contribution < -0.4 is 0 Å². The molecule has 0 spiro atoms. The van der Waals surface area contributed by atoms with Crippen LogP contribution in [0.1, 0.15) is 19.8 Å². The second-order valence-corrected chi connectivity index (χ2v) is 3.09. The monoisotopic (exact) mass is 237 g/mol. The zero-order chi connectivity index (χ0) is 12.6. The third-order valence-corrected chi connectivity index (χ3v) is 1.74. The van der Waals surface area contributed by atoms with E-state index in [9.17, 15) is 13.6 Å². The largest absolute Gasteiger partial charge is 0.479 e. The number of rotatable bonds is 8. The number of carboxylic acid groups (broad SMARTS) is 1. The minimum Gasteiger partial charge on any atom is -0.479 e. The van der Waals surface area contributed by atoms with Crippen molar-refractivity contribution < 1.29 is 23.4 Å². The Morgan fingerprint density at radius 1 is 1.69 bits per heavy atom. The molecule has 0 aromatic carbocycles. The molecule has 8 heteroatoms. The molecule has 0 amide bonds. The topological polar surface area (TPSA) is 95.3 Å². The van der Waals surface area contributed by atoms with E-state index in [2.05, 4.69) is 14.8 Å². The van der Waals surface area contributed by atoms with Gasteiger partial charge in [-0.3, -0.25) is 0 Å². The molecule has 0 bridgehead atoms. The van der Waals surface area contributed by atoms with Gasteiger partial charge in [-0.25, -0.2) is 13.6 Å². The Kier molecular flexibility index (Phi) is 6.36. The molecule has 0 rings (SSSR count). The van der Waals surface area contributed by atoms with E-state index in [0.717, 1.165) is 0 Å². The summed E-state index contributed by atoms with van der Waals surface area (Å²) in [6.45, 7) is 0.517. The number of ether oxygens (including phenoxy) is 1. The first-order valence-corrected chi connectivity index (χ1v) is 4.68. The van der Waals surface area contributed by atoms with Crippen LogP contribution in [0.15, 0.2) is 5.11 Å². The number of azide groups is 1. The SMILES string of the molecule is CCCCOC(C(=O)O)C(F)(F)CN=[N+]=[N-]. The number of carbonyl (C=O) groups is 1. The fourth-order valence-electron chi connectivity index (χ4n) is 0.928. The van der Waals surface area contributed by atoms with Crippen LogP contribution >= 0.6 is 0 Å². The summed E-state index contributed by atoms with van der Waals surface area (Å²) in [5, 5.41) is 11.2. The predicted molar refractivity (Wildman–Crippen MR) is 51.2 cm³/mol. The summed E-state index contributed by atoms with van der Waals surface area (Å²) in [7, 11) is 0. The molecule has 1 atom stereocenters. The number of nitrogens with zero attached hydrogens (tertiary/aromatic N) is 3. The number of carboxylic acids is 1. The van der Waals surface area contributed by atoms with Gasteiger partial charge in [0.25, 0.3) is 5.92 Å². The zero-order valence-corrected chi connectivity index (χ0v) is 8.77. The molecule has 0 aliphatic carbocycles. The summed E-state index contributed by atoms with van der Waals surface area (Å²) in [5.74, 6) is -5.47. The molecule has 0 aromatic rings. The first kappa shape index (κ1) is 14.6. The first-order valence-electron chi connectivity index (χ1n) is 4.68. The molecule has 0 radical (unpaired) electrons. The van der Waals surface area contributed by atoms with Crippen LogP contribution in [0.3, 0.4) is 0 Å². The van der Waals surface area contributed by atoms with Gasteiger partial charge in [0.1, 0.15) is 0 Å². The fraction of sp³-hybridized carbons (Fsp3) is 0.875. The van der Waals surface area contributed by atoms with Crippen molar-refractivity contribution in [2.24, 2.45) is 5.11 Å². The molecule has 6 nitrogen and oxygen atoms in total. The van der Waals surface area contributed by atoms with Crippen LogP contribution in [0.25, 0.3) is 10.4 Å². The van der Waals surface area contributed by atoms with Gasteiger partial charge in [0.15, 0.2) is 0 Å². The zero-order valence-electron chi connectivity index (χ0n) is 8.77. The number of halogens is 2. The minimum absolute atomic E-state index is 0.0701. The smallest absolute Gasteiger partial charge is 0.339 e. The lowest BCUT2D eigenvalue weighted by Gasteiger charge is -2.22. The van der Waals surface area contributed by atoms with E-state index in [1.165, 1.54) is 0 Å². The highest BCUT2D eigenvalue weighted by Gasteiger charge is 2.45. The lowest BCUT2D eigenvalue weighted by Crippen LogP contribution is -2.44. The van der Waals surface area contributed by atoms with Crippen molar-refractivity contribution in [2.75, 3.05) is 13.2 Å². The second-order valence-electron chi connectivity index (χ2n) is 3.09. The van der Waals surface area contributed by atoms with Crippen LogP contribution in [0.2, 0.25) is 0 Å². The van der Waals surface area contributed by atoms with E-state index in [-0.39, 0.29) is 6.61 Å². The minimum atomic E-state index is -3.70. The van der Waals surface area contributed by atoms with E-state index < -0.39 is 24.5 Å². The number of aliphatic carboxylic acids is 1. The highest BCUT2D eigenvalue weighted by molar-refractivity contribution is 5.73. The van der Waals surface area contributed by atoms with Crippen molar-refractivity contribution in [3.63, 3.8) is 0 Å². The summed E-state index contributed by atoms with van der Waals surface area (Å²) < 4.78 is 30.9. The molecule has 0 saturated heterocycles. The molecular formula is C8H13F2N3O3. The average molecular weight is 237 g/mol. The van der Waals surface area contributed by atoms with E-state index >= 15 is 0 Å². The molecule has 16 heavy (non-hydrogen) atoms. The second kappa shape index (κ2) is 6.97. The maximum Gasteiger partial charge on any atom is 0.339 e. The van der Waals surface area contributed by atoms with Crippen molar-refractivity contribution in [1.82, 2.24) is 0 Å². The van der Waals surface area contributed by atoms with Gasteiger partial charge in [0.2, 0.25) is 6.10 Å². The maximum absolute atomic E-state index is 13.2. The Bertz CT molecular complexity index is 280. The molecule has 0 saturated carbocycles. The van der Waals surface area contributed by atoms with Crippen LogP contribution in [-0.4, -0.2) is 36.3 Å². The van der Waals surface area contributed by atoms with E-state index in [0.29, 0.717) is 12.8 Å². The molecule has 0 aliphatic rings. The quantitative estimate of drug-likeness (QED) is 0.303. The Morgan fingerprint density at radius 2 is 2.31 bits per heavy atom. The third kappa shape index (κ3) is 4.90. The average Bonchev–Trinajstić information content (AvgIpc) is 2.20. The van der Waals surface area contributed by atoms with Crippen molar-refractivity contribution >= 4 is 5.97 Å². The van der Waals surface area contributed by atoms with Crippen molar-refractivity contribution in [2.45, 2.75) is 31.8 Å². The Hall–Kier alpha value is -1.40. The third-order valence-electron chi connectivity index (χ3n) is 1.74. The van der Waals surface area contributed by atoms with E-state index in [4.69, 9.17) is 10.6 Å². The Morgan fingerprint density at radius 3 is 2.75 bits per heavy atom. The molecule has 0 fully saturated rings. The van der Waals surface area contributed by atoms with E-state index in [1.54, 1.807) is 0 Å². The number of unbranched alkanes of at least 4 members (excludes halogenated alkanes) is 1. The lowest BCUT2D eigenvalue weighted by molar-refractivity contribution is -0.178. The van der Waals surface area contributed by atoms with Gasteiger partial charge in [-0.2, -0.15) is 0 Å². The van der Waals surface area contributed by atoms with Crippen LogP contribution in [0.5, 0.6) is 0 Å². The van der Waals surface area contributed by atoms with E-state index in [1.807, 2.05) is 6.92 Å². The van der Waals surface area contributed by atoms with Crippen molar-refractivity contribution in [1.29, 1.82) is 0 Å². The molecule has 1 N–H and O–H groups in total. The van der Waals surface area contributed by atoms with Gasteiger partial charge in [-0.1, -0.05) is 18.5 Å². The van der Waals surface area contributed by atoms with Crippen LogP contribution in [-0.2, 0) is 9.53 Å². The predicted octanol–water partition coefficient (Wildman–Crippen LogP) is 2.20. The van der Waals surface area contributed by atoms with Gasteiger partial charge in [0, 0.05) is 11.5 Å². The van der Waals surface area contributed by atoms with Crippen molar-refractivity contribution in [3.05, 3.63) is 10.4 Å². The normalized spacial score (nSPS) is 12.9. The first-order chi connectivity index (χ1) is 7.45. The highest BCUT2D eigenvalue weighted by Crippen LogP contribution is 2.22.